The zero-order valence-corrected chi connectivity index (χ0v) is 8.74. The number of hydrogen-bond donors (Lipinski definition) is 0. The predicted octanol–water partition coefficient (Wildman–Crippen LogP) is -2.90. The van der Waals surface area contributed by atoms with Crippen LogP contribution >= 0.6 is 0 Å². The van der Waals surface area contributed by atoms with Gasteiger partial charge in [-0.15, -0.1) is 0 Å². The van der Waals surface area contributed by atoms with Gasteiger partial charge in [0, 0.05) is 0 Å². The molecule has 3 heteroatoms. The normalized spacial score (nSPS) is 0.500. The summed E-state index contributed by atoms with van der Waals surface area (Å²) < 4.78 is 0. The zero-order chi connectivity index (χ0) is 2.00. The molecule has 0 bridgehead atoms. The maximum atomic E-state index is 6.25. The first kappa shape index (κ1) is 17.2. The standard InChI is InChI=1S/CN.K.Zn/c1-2;;/q-1;+1;+2. The summed E-state index contributed by atoms with van der Waals surface area (Å²) in [4.78, 5) is 0. The summed E-state index contributed by atoms with van der Waals surface area (Å²) in [5.74, 6) is 0. The molecule has 0 aliphatic rings. The SMILES string of the molecule is [C-]#N.[K+].[Zn+2]. The fraction of sp³-hybridized carbons (Fsp3) is 0. The molecule has 0 heterocycles. The number of hydrogen-bond acceptors (Lipinski definition) is 1. The summed E-state index contributed by atoms with van der Waals surface area (Å²) in [6.07, 6.45) is 0. The van der Waals surface area contributed by atoms with Crippen LogP contribution in [0.25, 0.3) is 0 Å². The molecule has 0 aromatic heterocycles. The molecule has 0 N–H and O–H groups in total. The van der Waals surface area contributed by atoms with Crippen LogP contribution in [0, 0.1) is 11.8 Å². The molecule has 0 radical (unpaired) electrons. The second kappa shape index (κ2) is 21.8. The van der Waals surface area contributed by atoms with Crippen molar-refractivity contribution in [2.45, 2.75) is 0 Å². The van der Waals surface area contributed by atoms with Crippen molar-refractivity contribution in [3.63, 3.8) is 0 Å². The van der Waals surface area contributed by atoms with Gasteiger partial charge in [-0.25, -0.2) is 0 Å². The molecular formula is CKNZn+2. The molecule has 0 unspecified atom stereocenters. The van der Waals surface area contributed by atoms with E-state index in [0.717, 1.165) is 0 Å². The van der Waals surface area contributed by atoms with Crippen LogP contribution in [0.2, 0.25) is 0 Å². The second-order valence-electron chi connectivity index (χ2n) is 0. The molecular weight excluding hydrogens is 131 g/mol. The fourth-order valence-electron chi connectivity index (χ4n) is 0. The van der Waals surface area contributed by atoms with Crippen LogP contribution in [0.15, 0.2) is 0 Å². The maximum Gasteiger partial charge on any atom is 2.00 e. The molecule has 4 heavy (non-hydrogen) atoms. The fourth-order valence-corrected chi connectivity index (χ4v) is 0. The largest absolute Gasteiger partial charge is 2.00 e. The molecule has 0 saturated carbocycles. The summed E-state index contributed by atoms with van der Waals surface area (Å²) in [5.41, 5.74) is 0. The molecule has 0 aliphatic carbocycles. The third-order valence-corrected chi connectivity index (χ3v) is 0. The van der Waals surface area contributed by atoms with Crippen LogP contribution in [0.3, 0.4) is 0 Å². The molecule has 0 aromatic rings. The third kappa shape index (κ3) is 9.26. The van der Waals surface area contributed by atoms with E-state index in [1.165, 1.54) is 0 Å². The second-order valence-corrected chi connectivity index (χ2v) is 0. The Hall–Kier alpha value is 1.75. The van der Waals surface area contributed by atoms with E-state index in [-0.39, 0.29) is 70.9 Å². The minimum absolute atomic E-state index is 0. The third-order valence-electron chi connectivity index (χ3n) is 0. The van der Waals surface area contributed by atoms with Gasteiger partial charge in [-0.3, -0.25) is 0 Å². The van der Waals surface area contributed by atoms with Crippen LogP contribution in [-0.2, 0) is 19.5 Å². The van der Waals surface area contributed by atoms with E-state index in [1.807, 2.05) is 0 Å². The van der Waals surface area contributed by atoms with Crippen LogP contribution in [0.5, 0.6) is 0 Å². The molecule has 0 saturated heterocycles. The summed E-state index contributed by atoms with van der Waals surface area (Å²) in [6.45, 7) is 4.75. The maximum absolute atomic E-state index is 6.25. The molecule has 0 spiro atoms. The molecule has 0 amide bonds. The van der Waals surface area contributed by atoms with Gasteiger partial charge in [-0.2, -0.15) is 0 Å². The van der Waals surface area contributed by atoms with Crippen LogP contribution in [0.4, 0.5) is 0 Å². The van der Waals surface area contributed by atoms with Crippen molar-refractivity contribution in [2.24, 2.45) is 0 Å². The van der Waals surface area contributed by atoms with Crippen molar-refractivity contribution in [2.75, 3.05) is 0 Å². The Balaban J connectivity index is -0.00000000500. The van der Waals surface area contributed by atoms with Gasteiger partial charge in [0.1, 0.15) is 0 Å². The number of nitrogens with zero attached hydrogens (tertiary/aromatic N) is 1. The monoisotopic (exact) mass is 129 g/mol. The van der Waals surface area contributed by atoms with Gasteiger partial charge < -0.3 is 11.8 Å². The summed E-state index contributed by atoms with van der Waals surface area (Å²) in [6, 6.07) is 0. The van der Waals surface area contributed by atoms with Crippen molar-refractivity contribution in [1.82, 2.24) is 0 Å². The van der Waals surface area contributed by atoms with Crippen molar-refractivity contribution in [1.29, 1.82) is 5.26 Å². The molecule has 0 rings (SSSR count). The van der Waals surface area contributed by atoms with Gasteiger partial charge in [0.2, 0.25) is 0 Å². The van der Waals surface area contributed by atoms with Crippen molar-refractivity contribution < 1.29 is 70.9 Å². The Morgan fingerprint density at radius 1 is 1.25 bits per heavy atom. The molecule has 0 aromatic carbocycles. The van der Waals surface area contributed by atoms with Crippen LogP contribution < -0.4 is 51.4 Å². The van der Waals surface area contributed by atoms with E-state index in [1.54, 1.807) is 0 Å². The summed E-state index contributed by atoms with van der Waals surface area (Å²) in [5, 5.41) is 6.25. The van der Waals surface area contributed by atoms with Crippen LogP contribution in [0.1, 0.15) is 0 Å². The average molecular weight is 131 g/mol. The van der Waals surface area contributed by atoms with Crippen molar-refractivity contribution in [3.05, 3.63) is 6.57 Å². The van der Waals surface area contributed by atoms with E-state index in [0.29, 0.717) is 0 Å². The Morgan fingerprint density at radius 2 is 1.25 bits per heavy atom. The molecule has 1 nitrogen and oxygen atoms in total. The quantitative estimate of drug-likeness (QED) is 0.255. The predicted molar refractivity (Wildman–Crippen MR) is 4.97 cm³/mol. The van der Waals surface area contributed by atoms with E-state index in [2.05, 4.69) is 0 Å². The van der Waals surface area contributed by atoms with Gasteiger partial charge in [-0.05, 0) is 0 Å². The van der Waals surface area contributed by atoms with E-state index >= 15 is 0 Å². The number of rotatable bonds is 0. The van der Waals surface area contributed by atoms with Gasteiger partial charge in [0.05, 0.1) is 0 Å². The van der Waals surface area contributed by atoms with Crippen molar-refractivity contribution >= 4 is 0 Å². The average Bonchev–Trinajstić information content (AvgIpc) is 1.00. The first-order valence-electron chi connectivity index (χ1n) is 0.224. The smallest absolute Gasteiger partial charge is 0.512 e. The van der Waals surface area contributed by atoms with Gasteiger partial charge >= 0.3 is 70.9 Å². The topological polar surface area (TPSA) is 23.8 Å². The van der Waals surface area contributed by atoms with Gasteiger partial charge in [-0.1, -0.05) is 0 Å². The summed E-state index contributed by atoms with van der Waals surface area (Å²) in [7, 11) is 0. The minimum Gasteiger partial charge on any atom is -0.512 e. The molecule has 0 aliphatic heterocycles. The van der Waals surface area contributed by atoms with Crippen LogP contribution in [-0.4, -0.2) is 0 Å². The molecule has 10 valence electrons. The Morgan fingerprint density at radius 3 is 1.25 bits per heavy atom. The first-order valence-corrected chi connectivity index (χ1v) is 0.224. The summed E-state index contributed by atoms with van der Waals surface area (Å²) >= 11 is 0. The minimum atomic E-state index is 0. The van der Waals surface area contributed by atoms with Gasteiger partial charge in [0.25, 0.3) is 0 Å². The van der Waals surface area contributed by atoms with E-state index in [4.69, 9.17) is 11.8 Å². The Kier molecular flexibility index (Phi) is 93.6. The van der Waals surface area contributed by atoms with Gasteiger partial charge in [0.15, 0.2) is 0 Å². The first-order chi connectivity index (χ1) is 1.00. The Labute approximate surface area is 80.9 Å². The van der Waals surface area contributed by atoms with Crippen molar-refractivity contribution in [3.8, 4) is 0 Å². The molecule has 0 atom stereocenters. The Bertz CT molecular complexity index is 12.8. The van der Waals surface area contributed by atoms with E-state index < -0.39 is 0 Å². The molecule has 0 fully saturated rings. The zero-order valence-electron chi connectivity index (χ0n) is 2.65. The van der Waals surface area contributed by atoms with E-state index in [9.17, 15) is 0 Å².